The maximum absolute atomic E-state index is 11.7. The summed E-state index contributed by atoms with van der Waals surface area (Å²) in [5.41, 5.74) is -0.173. The molecule has 0 aromatic carbocycles. The van der Waals surface area contributed by atoms with E-state index in [0.29, 0.717) is 0 Å². The lowest BCUT2D eigenvalue weighted by Gasteiger charge is -2.12. The van der Waals surface area contributed by atoms with Gasteiger partial charge < -0.3 is 15.2 Å². The molecule has 1 amide bonds. The number of hydrogen-bond donors (Lipinski definition) is 2. The Morgan fingerprint density at radius 2 is 2.33 bits per heavy atom. The molecule has 2 rings (SSSR count). The van der Waals surface area contributed by atoms with Gasteiger partial charge in [0.05, 0.1) is 0 Å². The standard InChI is InChI=1S/C11H14BrN3O2.ClH/c12-8-1-2-11(17)15(6-8)7-10(16)14-9-3-4-13-5-9;/h1-2,6,9,13H,3-5,7H2,(H,14,16);1H. The molecule has 100 valence electrons. The van der Waals surface area contributed by atoms with Crippen molar-refractivity contribution in [3.8, 4) is 0 Å². The van der Waals surface area contributed by atoms with Gasteiger partial charge in [-0.25, -0.2) is 0 Å². The minimum atomic E-state index is -0.173. The maximum atomic E-state index is 11.7. The van der Waals surface area contributed by atoms with Crippen molar-refractivity contribution in [3.05, 3.63) is 33.2 Å². The van der Waals surface area contributed by atoms with Gasteiger partial charge in [-0.1, -0.05) is 0 Å². The molecule has 1 saturated heterocycles. The predicted octanol–water partition coefficient (Wildman–Crippen LogP) is 0.511. The van der Waals surface area contributed by atoms with Gasteiger partial charge in [0, 0.05) is 29.3 Å². The highest BCUT2D eigenvalue weighted by Gasteiger charge is 2.16. The second-order valence-electron chi connectivity index (χ2n) is 4.07. The zero-order chi connectivity index (χ0) is 12.3. The molecule has 2 N–H and O–H groups in total. The zero-order valence-electron chi connectivity index (χ0n) is 9.69. The van der Waals surface area contributed by atoms with Gasteiger partial charge in [0.2, 0.25) is 5.91 Å². The number of rotatable bonds is 3. The molecule has 18 heavy (non-hydrogen) atoms. The molecule has 2 heterocycles. The molecule has 1 aromatic heterocycles. The van der Waals surface area contributed by atoms with Gasteiger partial charge in [-0.2, -0.15) is 0 Å². The average Bonchev–Trinajstić information content (AvgIpc) is 2.76. The summed E-state index contributed by atoms with van der Waals surface area (Å²) in [5, 5.41) is 6.07. The summed E-state index contributed by atoms with van der Waals surface area (Å²) < 4.78 is 2.18. The highest BCUT2D eigenvalue weighted by Crippen LogP contribution is 2.04. The van der Waals surface area contributed by atoms with Crippen LogP contribution in [0, 0.1) is 0 Å². The third-order valence-corrected chi connectivity index (χ3v) is 3.16. The van der Waals surface area contributed by atoms with Crippen LogP contribution in [0.5, 0.6) is 0 Å². The minimum absolute atomic E-state index is 0. The summed E-state index contributed by atoms with van der Waals surface area (Å²) in [6.45, 7) is 1.80. The molecular weight excluding hydrogens is 321 g/mol. The zero-order valence-corrected chi connectivity index (χ0v) is 12.1. The van der Waals surface area contributed by atoms with Gasteiger partial charge in [-0.05, 0) is 35.0 Å². The van der Waals surface area contributed by atoms with E-state index in [1.165, 1.54) is 10.6 Å². The van der Waals surface area contributed by atoms with Crippen molar-refractivity contribution < 1.29 is 4.79 Å². The first-order valence-electron chi connectivity index (χ1n) is 5.51. The van der Waals surface area contributed by atoms with Crippen LogP contribution >= 0.6 is 28.3 Å². The van der Waals surface area contributed by atoms with Crippen LogP contribution in [0.4, 0.5) is 0 Å². The molecule has 0 spiro atoms. The van der Waals surface area contributed by atoms with Gasteiger partial charge in [0.25, 0.3) is 5.56 Å². The number of hydrogen-bond acceptors (Lipinski definition) is 3. The minimum Gasteiger partial charge on any atom is -0.350 e. The molecule has 1 aromatic rings. The van der Waals surface area contributed by atoms with Crippen LogP contribution in [0.3, 0.4) is 0 Å². The highest BCUT2D eigenvalue weighted by atomic mass is 79.9. The van der Waals surface area contributed by atoms with Crippen LogP contribution in [0.1, 0.15) is 6.42 Å². The number of pyridine rings is 1. The van der Waals surface area contributed by atoms with E-state index in [1.807, 2.05) is 0 Å². The van der Waals surface area contributed by atoms with Crippen molar-refractivity contribution >= 4 is 34.2 Å². The van der Waals surface area contributed by atoms with Crippen molar-refractivity contribution in [2.24, 2.45) is 0 Å². The fraction of sp³-hybridized carbons (Fsp3) is 0.455. The number of aromatic nitrogens is 1. The number of carbonyl (C=O) groups is 1. The van der Waals surface area contributed by atoms with Crippen molar-refractivity contribution in [1.29, 1.82) is 0 Å². The smallest absolute Gasteiger partial charge is 0.251 e. The fourth-order valence-electron chi connectivity index (χ4n) is 1.83. The first kappa shape index (κ1) is 15.2. The molecule has 0 aliphatic carbocycles. The van der Waals surface area contributed by atoms with Gasteiger partial charge in [-0.15, -0.1) is 12.4 Å². The number of halogens is 2. The molecule has 1 atom stereocenters. The lowest BCUT2D eigenvalue weighted by atomic mass is 10.2. The first-order valence-corrected chi connectivity index (χ1v) is 6.30. The first-order chi connectivity index (χ1) is 8.15. The van der Waals surface area contributed by atoms with E-state index in [-0.39, 0.29) is 36.5 Å². The fourth-order valence-corrected chi connectivity index (χ4v) is 2.21. The van der Waals surface area contributed by atoms with Gasteiger partial charge >= 0.3 is 0 Å². The second kappa shape index (κ2) is 6.92. The normalized spacial score (nSPS) is 18.2. The van der Waals surface area contributed by atoms with Crippen molar-refractivity contribution in [1.82, 2.24) is 15.2 Å². The van der Waals surface area contributed by atoms with Crippen LogP contribution < -0.4 is 16.2 Å². The molecule has 0 radical (unpaired) electrons. The lowest BCUT2D eigenvalue weighted by Crippen LogP contribution is -2.39. The largest absolute Gasteiger partial charge is 0.350 e. The van der Waals surface area contributed by atoms with Gasteiger partial charge in [0.1, 0.15) is 6.54 Å². The Balaban J connectivity index is 0.00000162. The lowest BCUT2D eigenvalue weighted by molar-refractivity contribution is -0.122. The second-order valence-corrected chi connectivity index (χ2v) is 4.99. The quantitative estimate of drug-likeness (QED) is 0.845. The van der Waals surface area contributed by atoms with E-state index in [4.69, 9.17) is 0 Å². The number of nitrogens with zero attached hydrogens (tertiary/aromatic N) is 1. The van der Waals surface area contributed by atoms with E-state index in [9.17, 15) is 9.59 Å². The molecule has 5 nitrogen and oxygen atoms in total. The SMILES string of the molecule is Cl.O=C(Cn1cc(Br)ccc1=O)NC1CCNC1. The summed E-state index contributed by atoms with van der Waals surface area (Å²) in [6.07, 6.45) is 2.56. The summed E-state index contributed by atoms with van der Waals surface area (Å²) in [4.78, 5) is 23.2. The molecule has 1 fully saturated rings. The van der Waals surface area contributed by atoms with Gasteiger partial charge in [-0.3, -0.25) is 9.59 Å². The molecule has 1 aliphatic rings. The summed E-state index contributed by atoms with van der Waals surface area (Å²) in [6, 6.07) is 3.29. The molecule has 7 heteroatoms. The third-order valence-electron chi connectivity index (χ3n) is 2.69. The van der Waals surface area contributed by atoms with E-state index in [1.54, 1.807) is 12.3 Å². The average molecular weight is 337 g/mol. The number of carbonyl (C=O) groups excluding carboxylic acids is 1. The van der Waals surface area contributed by atoms with E-state index in [0.717, 1.165) is 24.0 Å². The van der Waals surface area contributed by atoms with Crippen LogP contribution in [-0.2, 0) is 11.3 Å². The molecule has 0 bridgehead atoms. The summed E-state index contributed by atoms with van der Waals surface area (Å²) in [7, 11) is 0. The molecular formula is C11H15BrClN3O2. The molecule has 0 saturated carbocycles. The van der Waals surface area contributed by atoms with Crippen LogP contribution in [0.25, 0.3) is 0 Å². The van der Waals surface area contributed by atoms with E-state index < -0.39 is 0 Å². The number of amides is 1. The Kier molecular flexibility index (Phi) is 5.84. The maximum Gasteiger partial charge on any atom is 0.251 e. The summed E-state index contributed by atoms with van der Waals surface area (Å²) in [5.74, 6) is -0.126. The van der Waals surface area contributed by atoms with Crippen molar-refractivity contribution in [2.75, 3.05) is 13.1 Å². The Bertz CT molecular complexity index is 472. The third kappa shape index (κ3) is 4.12. The van der Waals surface area contributed by atoms with Crippen LogP contribution in [0.2, 0.25) is 0 Å². The Morgan fingerprint density at radius 3 is 3.00 bits per heavy atom. The predicted molar refractivity (Wildman–Crippen MR) is 75.1 cm³/mol. The van der Waals surface area contributed by atoms with Gasteiger partial charge in [0.15, 0.2) is 0 Å². The monoisotopic (exact) mass is 335 g/mol. The summed E-state index contributed by atoms with van der Waals surface area (Å²) >= 11 is 3.27. The highest BCUT2D eigenvalue weighted by molar-refractivity contribution is 9.10. The number of nitrogens with one attached hydrogen (secondary N) is 2. The van der Waals surface area contributed by atoms with E-state index >= 15 is 0 Å². The molecule has 1 aliphatic heterocycles. The molecule has 1 unspecified atom stereocenters. The van der Waals surface area contributed by atoms with Crippen LogP contribution in [0.15, 0.2) is 27.6 Å². The Morgan fingerprint density at radius 1 is 1.56 bits per heavy atom. The Hall–Kier alpha value is -0.850. The van der Waals surface area contributed by atoms with E-state index in [2.05, 4.69) is 26.6 Å². The Labute approximate surface area is 119 Å². The van der Waals surface area contributed by atoms with Crippen molar-refractivity contribution in [3.63, 3.8) is 0 Å². The van der Waals surface area contributed by atoms with Crippen molar-refractivity contribution in [2.45, 2.75) is 19.0 Å². The van der Waals surface area contributed by atoms with Crippen LogP contribution in [-0.4, -0.2) is 29.6 Å². The topological polar surface area (TPSA) is 63.1 Å².